The molecule has 1 aromatic rings. The fourth-order valence-corrected chi connectivity index (χ4v) is 2.13. The lowest BCUT2D eigenvalue weighted by Gasteiger charge is -2.14. The quantitative estimate of drug-likeness (QED) is 0.633. The van der Waals surface area contributed by atoms with Gasteiger partial charge in [-0.3, -0.25) is 9.59 Å². The van der Waals surface area contributed by atoms with Crippen LogP contribution in [0.25, 0.3) is 0 Å². The lowest BCUT2D eigenvalue weighted by atomic mass is 10.0. The Morgan fingerprint density at radius 3 is 2.60 bits per heavy atom. The number of carbonyl (C=O) groups excluding carboxylic acids is 2. The van der Waals surface area contributed by atoms with E-state index in [2.05, 4.69) is 5.32 Å². The minimum absolute atomic E-state index is 0.0475. The smallest absolute Gasteiger partial charge is 0.388 e. The number of nitrogens with one attached hydrogen (secondary N) is 2. The number of aliphatic hydroxyl groups excluding tert-OH is 1. The predicted octanol–water partition coefficient (Wildman–Crippen LogP) is 2.60. The third-order valence-electron chi connectivity index (χ3n) is 3.54. The Labute approximate surface area is 144 Å². The maximum atomic E-state index is 12.1. The summed E-state index contributed by atoms with van der Waals surface area (Å²) < 4.78 is 36.2. The van der Waals surface area contributed by atoms with Gasteiger partial charge in [-0.15, -0.1) is 0 Å². The molecule has 0 saturated carbocycles. The van der Waals surface area contributed by atoms with Crippen molar-refractivity contribution in [3.8, 4) is 0 Å². The van der Waals surface area contributed by atoms with Gasteiger partial charge in [0, 0.05) is 19.5 Å². The Morgan fingerprint density at radius 1 is 1.24 bits per heavy atom. The van der Waals surface area contributed by atoms with E-state index in [0.717, 1.165) is 18.4 Å². The van der Waals surface area contributed by atoms with Crippen LogP contribution in [0.2, 0.25) is 0 Å². The van der Waals surface area contributed by atoms with Crippen molar-refractivity contribution in [3.05, 3.63) is 35.4 Å². The predicted molar refractivity (Wildman–Crippen MR) is 86.5 cm³/mol. The first-order valence-corrected chi connectivity index (χ1v) is 8.12. The molecule has 0 aliphatic carbocycles. The molecule has 0 saturated heterocycles. The van der Waals surface area contributed by atoms with Gasteiger partial charge >= 0.3 is 12.1 Å². The molecular weight excluding hydrogens is 337 g/mol. The van der Waals surface area contributed by atoms with E-state index in [0.29, 0.717) is 18.5 Å². The van der Waals surface area contributed by atoms with E-state index >= 15 is 0 Å². The fraction of sp³-hybridized carbons (Fsp3) is 0.529. The molecular formula is C17H23F3N2O3. The normalized spacial score (nSPS) is 12.5. The topological polar surface area (TPSA) is 78.4 Å². The zero-order chi connectivity index (χ0) is 18.9. The first-order chi connectivity index (χ1) is 11.7. The van der Waals surface area contributed by atoms with Crippen LogP contribution >= 0.6 is 0 Å². The van der Waals surface area contributed by atoms with Gasteiger partial charge in [0.15, 0.2) is 0 Å². The second kappa shape index (κ2) is 10.0. The number of alkyl halides is 3. The van der Waals surface area contributed by atoms with Crippen LogP contribution in [0.1, 0.15) is 49.8 Å². The molecule has 0 heterocycles. The number of unbranched alkanes of at least 4 members (excludes halogenated alkanes) is 1. The van der Waals surface area contributed by atoms with E-state index < -0.39 is 18.2 Å². The number of hydrogen-bond donors (Lipinski definition) is 3. The first kappa shape index (κ1) is 21.0. The van der Waals surface area contributed by atoms with Gasteiger partial charge in [-0.1, -0.05) is 37.6 Å². The fourth-order valence-electron chi connectivity index (χ4n) is 2.13. The summed E-state index contributed by atoms with van der Waals surface area (Å²) in [4.78, 5) is 22.3. The van der Waals surface area contributed by atoms with E-state index in [-0.39, 0.29) is 18.9 Å². The highest BCUT2D eigenvalue weighted by Gasteiger charge is 2.38. The Kier molecular flexibility index (Phi) is 8.40. The van der Waals surface area contributed by atoms with Crippen LogP contribution in [-0.2, 0) is 16.1 Å². The monoisotopic (exact) mass is 360 g/mol. The molecule has 25 heavy (non-hydrogen) atoms. The summed E-state index contributed by atoms with van der Waals surface area (Å²) in [6.45, 7) is 2.01. The number of carbonyl (C=O) groups is 2. The van der Waals surface area contributed by atoms with Crippen LogP contribution in [-0.4, -0.2) is 29.6 Å². The van der Waals surface area contributed by atoms with Gasteiger partial charge in [-0.05, 0) is 24.0 Å². The average Bonchev–Trinajstić information content (AvgIpc) is 2.57. The molecule has 1 aromatic carbocycles. The number of benzene rings is 1. The SMILES string of the molecule is CCCCC(=O)NCc1cccc(C(O)CCNC(=O)C(F)(F)F)c1. The highest BCUT2D eigenvalue weighted by molar-refractivity contribution is 5.81. The second-order valence-corrected chi connectivity index (χ2v) is 5.68. The molecule has 140 valence electrons. The molecule has 0 fully saturated rings. The summed E-state index contributed by atoms with van der Waals surface area (Å²) >= 11 is 0. The highest BCUT2D eigenvalue weighted by Crippen LogP contribution is 2.18. The molecule has 0 aliphatic heterocycles. The lowest BCUT2D eigenvalue weighted by molar-refractivity contribution is -0.173. The number of aliphatic hydroxyl groups is 1. The largest absolute Gasteiger partial charge is 0.471 e. The van der Waals surface area contributed by atoms with Gasteiger partial charge in [-0.25, -0.2) is 0 Å². The highest BCUT2D eigenvalue weighted by atomic mass is 19.4. The van der Waals surface area contributed by atoms with Crippen LogP contribution < -0.4 is 10.6 Å². The average molecular weight is 360 g/mol. The van der Waals surface area contributed by atoms with Crippen molar-refractivity contribution in [1.82, 2.24) is 10.6 Å². The van der Waals surface area contributed by atoms with Crippen molar-refractivity contribution in [2.75, 3.05) is 6.54 Å². The number of hydrogen-bond acceptors (Lipinski definition) is 3. The van der Waals surface area contributed by atoms with Crippen molar-refractivity contribution >= 4 is 11.8 Å². The zero-order valence-corrected chi connectivity index (χ0v) is 14.0. The van der Waals surface area contributed by atoms with Gasteiger partial charge in [-0.2, -0.15) is 13.2 Å². The standard InChI is InChI=1S/C17H23F3N2O3/c1-2-3-7-15(24)22-11-12-5-4-6-13(10-12)14(23)8-9-21-16(25)17(18,19)20/h4-6,10,14,23H,2-3,7-9,11H2,1H3,(H,21,25)(H,22,24). The third kappa shape index (κ3) is 8.02. The number of rotatable bonds is 9. The van der Waals surface area contributed by atoms with Crippen LogP contribution in [0.15, 0.2) is 24.3 Å². The number of halogens is 3. The van der Waals surface area contributed by atoms with Gasteiger partial charge in [0.2, 0.25) is 5.91 Å². The molecule has 5 nitrogen and oxygen atoms in total. The minimum Gasteiger partial charge on any atom is -0.388 e. The van der Waals surface area contributed by atoms with Crippen molar-refractivity contribution in [3.63, 3.8) is 0 Å². The van der Waals surface area contributed by atoms with E-state index in [1.165, 1.54) is 0 Å². The Balaban J connectivity index is 2.47. The van der Waals surface area contributed by atoms with Gasteiger partial charge in [0.1, 0.15) is 0 Å². The maximum Gasteiger partial charge on any atom is 0.471 e. The van der Waals surface area contributed by atoms with Crippen LogP contribution in [0.4, 0.5) is 13.2 Å². The molecule has 2 amide bonds. The Hall–Kier alpha value is -2.09. The van der Waals surface area contributed by atoms with E-state index in [1.54, 1.807) is 29.6 Å². The van der Waals surface area contributed by atoms with Crippen molar-refractivity contribution in [2.45, 2.75) is 51.4 Å². The maximum absolute atomic E-state index is 12.1. The van der Waals surface area contributed by atoms with Crippen molar-refractivity contribution in [1.29, 1.82) is 0 Å². The molecule has 0 radical (unpaired) electrons. The molecule has 0 bridgehead atoms. The summed E-state index contributed by atoms with van der Waals surface area (Å²) in [7, 11) is 0. The van der Waals surface area contributed by atoms with Crippen LogP contribution in [0, 0.1) is 0 Å². The lowest BCUT2D eigenvalue weighted by Crippen LogP contribution is -2.37. The first-order valence-electron chi connectivity index (χ1n) is 8.12. The summed E-state index contributed by atoms with van der Waals surface area (Å²) in [6, 6.07) is 6.79. The van der Waals surface area contributed by atoms with Gasteiger partial charge in [0.25, 0.3) is 0 Å². The van der Waals surface area contributed by atoms with Crippen molar-refractivity contribution < 1.29 is 27.9 Å². The van der Waals surface area contributed by atoms with Crippen LogP contribution in [0.5, 0.6) is 0 Å². The zero-order valence-electron chi connectivity index (χ0n) is 14.0. The summed E-state index contributed by atoms with van der Waals surface area (Å²) in [6.07, 6.45) is -3.79. The molecule has 3 N–H and O–H groups in total. The van der Waals surface area contributed by atoms with Crippen LogP contribution in [0.3, 0.4) is 0 Å². The van der Waals surface area contributed by atoms with Crippen molar-refractivity contribution in [2.24, 2.45) is 0 Å². The summed E-state index contributed by atoms with van der Waals surface area (Å²) in [5.41, 5.74) is 1.29. The Morgan fingerprint density at radius 2 is 1.96 bits per heavy atom. The van der Waals surface area contributed by atoms with Gasteiger partial charge < -0.3 is 15.7 Å². The molecule has 0 aromatic heterocycles. The van der Waals surface area contributed by atoms with E-state index in [9.17, 15) is 27.9 Å². The molecule has 1 atom stereocenters. The Bertz CT molecular complexity index is 577. The molecule has 1 rings (SSSR count). The summed E-state index contributed by atoms with van der Waals surface area (Å²) in [5, 5.41) is 14.5. The van der Waals surface area contributed by atoms with E-state index in [4.69, 9.17) is 0 Å². The summed E-state index contributed by atoms with van der Waals surface area (Å²) in [5.74, 6) is -2.08. The molecule has 0 spiro atoms. The van der Waals surface area contributed by atoms with E-state index in [1.807, 2.05) is 6.92 Å². The number of amides is 2. The molecule has 8 heteroatoms. The third-order valence-corrected chi connectivity index (χ3v) is 3.54. The minimum atomic E-state index is -4.93. The molecule has 0 aliphatic rings. The van der Waals surface area contributed by atoms with Gasteiger partial charge in [0.05, 0.1) is 6.10 Å². The second-order valence-electron chi connectivity index (χ2n) is 5.68. The molecule has 1 unspecified atom stereocenters.